The minimum absolute atomic E-state index is 0.185. The molecule has 26 heavy (non-hydrogen) atoms. The van der Waals surface area contributed by atoms with E-state index in [1.807, 2.05) is 37.3 Å². The lowest BCUT2D eigenvalue weighted by Gasteiger charge is -2.23. The van der Waals surface area contributed by atoms with Crippen molar-refractivity contribution in [1.29, 1.82) is 0 Å². The quantitative estimate of drug-likeness (QED) is 0.565. The third-order valence-corrected chi connectivity index (χ3v) is 4.29. The fourth-order valence-electron chi connectivity index (χ4n) is 2.94. The number of benzene rings is 2. The molecule has 0 bridgehead atoms. The molecule has 0 N–H and O–H groups in total. The van der Waals surface area contributed by atoms with Crippen molar-refractivity contribution in [2.75, 3.05) is 31.1 Å². The van der Waals surface area contributed by atoms with Gasteiger partial charge < -0.3 is 9.64 Å². The number of amides is 2. The van der Waals surface area contributed by atoms with Gasteiger partial charge in [-0.05, 0) is 31.2 Å². The smallest absolute Gasteiger partial charge is 0.326 e. The van der Waals surface area contributed by atoms with Crippen LogP contribution in [0.4, 0.5) is 5.69 Å². The van der Waals surface area contributed by atoms with Crippen LogP contribution in [0.2, 0.25) is 0 Å². The van der Waals surface area contributed by atoms with Gasteiger partial charge in [-0.2, -0.15) is 0 Å². The van der Waals surface area contributed by atoms with Crippen LogP contribution in [0.25, 0.3) is 0 Å². The van der Waals surface area contributed by atoms with E-state index in [4.69, 9.17) is 4.74 Å². The van der Waals surface area contributed by atoms with E-state index in [1.54, 1.807) is 24.3 Å². The van der Waals surface area contributed by atoms with E-state index < -0.39 is 17.8 Å². The van der Waals surface area contributed by atoms with Crippen LogP contribution < -0.4 is 4.90 Å². The minimum atomic E-state index is -0.594. The maximum atomic E-state index is 12.2. The Morgan fingerprint density at radius 1 is 0.962 bits per heavy atom. The van der Waals surface area contributed by atoms with Gasteiger partial charge >= 0.3 is 5.97 Å². The van der Waals surface area contributed by atoms with Gasteiger partial charge in [0.05, 0.1) is 17.7 Å². The molecule has 2 aromatic rings. The zero-order valence-corrected chi connectivity index (χ0v) is 14.6. The van der Waals surface area contributed by atoms with Crippen molar-refractivity contribution in [2.24, 2.45) is 0 Å². The van der Waals surface area contributed by atoms with Crippen LogP contribution >= 0.6 is 0 Å². The molecule has 1 heterocycles. The summed E-state index contributed by atoms with van der Waals surface area (Å²) in [7, 11) is 0. The Hall–Kier alpha value is -3.15. The monoisotopic (exact) mass is 352 g/mol. The highest BCUT2D eigenvalue weighted by Crippen LogP contribution is 2.22. The molecule has 0 spiro atoms. The number of likely N-dealkylation sites (N-methyl/N-ethyl adjacent to an activating group) is 1. The number of hydrogen-bond acceptors (Lipinski definition) is 5. The first-order valence-corrected chi connectivity index (χ1v) is 8.52. The van der Waals surface area contributed by atoms with Crippen LogP contribution in [0, 0.1) is 0 Å². The van der Waals surface area contributed by atoms with Crippen LogP contribution in [0.15, 0.2) is 54.6 Å². The highest BCUT2D eigenvalue weighted by Gasteiger charge is 2.36. The first kappa shape index (κ1) is 17.7. The fourth-order valence-corrected chi connectivity index (χ4v) is 2.94. The van der Waals surface area contributed by atoms with Crippen LogP contribution in [0.5, 0.6) is 0 Å². The number of nitrogens with zero attached hydrogens (tertiary/aromatic N) is 2. The van der Waals surface area contributed by atoms with Crippen molar-refractivity contribution < 1.29 is 19.1 Å². The molecule has 6 heteroatoms. The molecule has 0 radical (unpaired) electrons. The summed E-state index contributed by atoms with van der Waals surface area (Å²) in [6.07, 6.45) is 0. The van der Waals surface area contributed by atoms with Crippen molar-refractivity contribution in [2.45, 2.75) is 6.92 Å². The second-order valence-corrected chi connectivity index (χ2v) is 5.88. The molecule has 1 aliphatic heterocycles. The third-order valence-electron chi connectivity index (χ3n) is 4.29. The first-order chi connectivity index (χ1) is 12.6. The topological polar surface area (TPSA) is 66.9 Å². The van der Waals surface area contributed by atoms with Crippen LogP contribution in [0.1, 0.15) is 27.6 Å². The summed E-state index contributed by atoms with van der Waals surface area (Å²) < 4.78 is 5.23. The zero-order chi connectivity index (χ0) is 18.5. The van der Waals surface area contributed by atoms with Crippen molar-refractivity contribution in [1.82, 2.24) is 4.90 Å². The number of hydrogen-bond donors (Lipinski definition) is 0. The van der Waals surface area contributed by atoms with Gasteiger partial charge in [0.15, 0.2) is 0 Å². The lowest BCUT2D eigenvalue weighted by Crippen LogP contribution is -2.36. The number of esters is 1. The summed E-state index contributed by atoms with van der Waals surface area (Å²) in [6.45, 7) is 3.15. The summed E-state index contributed by atoms with van der Waals surface area (Å²) in [5.41, 5.74) is 1.70. The molecule has 0 atom stereocenters. The molecule has 3 rings (SSSR count). The third kappa shape index (κ3) is 3.59. The Morgan fingerprint density at radius 2 is 1.54 bits per heavy atom. The maximum absolute atomic E-state index is 12.2. The van der Waals surface area contributed by atoms with Crippen molar-refractivity contribution >= 4 is 23.5 Å². The Labute approximate surface area is 152 Å². The van der Waals surface area contributed by atoms with Gasteiger partial charge in [0.2, 0.25) is 0 Å². The second kappa shape index (κ2) is 7.82. The molecule has 0 aliphatic carbocycles. The molecule has 6 nitrogen and oxygen atoms in total. The summed E-state index contributed by atoms with van der Waals surface area (Å²) >= 11 is 0. The normalized spacial score (nSPS) is 12.9. The van der Waals surface area contributed by atoms with Gasteiger partial charge in [0, 0.05) is 12.2 Å². The van der Waals surface area contributed by atoms with E-state index in [0.717, 1.165) is 17.1 Å². The molecule has 134 valence electrons. The zero-order valence-electron chi connectivity index (χ0n) is 14.6. The first-order valence-electron chi connectivity index (χ1n) is 8.52. The van der Waals surface area contributed by atoms with Gasteiger partial charge in [0.25, 0.3) is 11.8 Å². The predicted molar refractivity (Wildman–Crippen MR) is 97.1 cm³/mol. The van der Waals surface area contributed by atoms with Gasteiger partial charge in [-0.3, -0.25) is 19.3 Å². The fraction of sp³-hybridized carbons (Fsp3) is 0.250. The average molecular weight is 352 g/mol. The molecule has 0 unspecified atom stereocenters. The molecule has 0 aromatic heterocycles. The number of carbonyl (C=O) groups is 3. The van der Waals surface area contributed by atoms with Crippen molar-refractivity contribution in [3.05, 3.63) is 65.7 Å². The molecular weight excluding hydrogens is 332 g/mol. The Bertz CT molecular complexity index is 785. The minimum Gasteiger partial charge on any atom is -0.462 e. The van der Waals surface area contributed by atoms with E-state index in [-0.39, 0.29) is 13.2 Å². The highest BCUT2D eigenvalue weighted by molar-refractivity contribution is 6.22. The molecule has 2 aromatic carbocycles. The molecule has 2 amide bonds. The van der Waals surface area contributed by atoms with E-state index in [2.05, 4.69) is 4.90 Å². The largest absolute Gasteiger partial charge is 0.462 e. The van der Waals surface area contributed by atoms with Crippen molar-refractivity contribution in [3.8, 4) is 0 Å². The van der Waals surface area contributed by atoms with Gasteiger partial charge in [-0.25, -0.2) is 0 Å². The number of anilines is 1. The number of rotatable bonds is 7. The summed E-state index contributed by atoms with van der Waals surface area (Å²) in [5, 5.41) is 0. The standard InChI is InChI=1S/C20H20N2O4/c1-2-21(15-8-4-3-5-9-15)12-13-26-18(23)14-22-19(24)16-10-6-7-11-17(16)20(22)25/h3-11H,2,12-14H2,1H3. The molecule has 0 saturated carbocycles. The maximum Gasteiger partial charge on any atom is 0.326 e. The molecule has 1 aliphatic rings. The van der Waals surface area contributed by atoms with Gasteiger partial charge in [-0.15, -0.1) is 0 Å². The van der Waals surface area contributed by atoms with Crippen LogP contribution in [0.3, 0.4) is 0 Å². The van der Waals surface area contributed by atoms with Crippen LogP contribution in [-0.2, 0) is 9.53 Å². The Balaban J connectivity index is 1.52. The number of fused-ring (bicyclic) bond motifs is 1. The molecule has 0 fully saturated rings. The predicted octanol–water partition coefficient (Wildman–Crippen LogP) is 2.35. The number of carbonyl (C=O) groups excluding carboxylic acids is 3. The Kier molecular flexibility index (Phi) is 5.31. The number of imide groups is 1. The number of ether oxygens (including phenoxy) is 1. The Morgan fingerprint density at radius 3 is 2.12 bits per heavy atom. The summed E-state index contributed by atoms with van der Waals surface area (Å²) in [6, 6.07) is 16.4. The molecular formula is C20H20N2O4. The lowest BCUT2D eigenvalue weighted by molar-refractivity contribution is -0.143. The lowest BCUT2D eigenvalue weighted by atomic mass is 10.1. The SMILES string of the molecule is CCN(CCOC(=O)CN1C(=O)c2ccccc2C1=O)c1ccccc1. The van der Waals surface area contributed by atoms with Crippen molar-refractivity contribution in [3.63, 3.8) is 0 Å². The van der Waals surface area contributed by atoms with Crippen LogP contribution in [-0.4, -0.2) is 48.9 Å². The second-order valence-electron chi connectivity index (χ2n) is 5.88. The highest BCUT2D eigenvalue weighted by atomic mass is 16.5. The van der Waals surface area contributed by atoms with E-state index in [0.29, 0.717) is 17.7 Å². The van der Waals surface area contributed by atoms with Gasteiger partial charge in [0.1, 0.15) is 13.2 Å². The van der Waals surface area contributed by atoms with E-state index in [9.17, 15) is 14.4 Å². The van der Waals surface area contributed by atoms with Gasteiger partial charge in [-0.1, -0.05) is 30.3 Å². The van der Waals surface area contributed by atoms with E-state index in [1.165, 1.54) is 0 Å². The summed E-state index contributed by atoms with van der Waals surface area (Å²) in [4.78, 5) is 39.6. The number of para-hydroxylation sites is 1. The van der Waals surface area contributed by atoms with E-state index >= 15 is 0 Å². The average Bonchev–Trinajstić information content (AvgIpc) is 2.91. The summed E-state index contributed by atoms with van der Waals surface area (Å²) in [5.74, 6) is -1.51. The molecule has 0 saturated heterocycles.